The summed E-state index contributed by atoms with van der Waals surface area (Å²) in [7, 11) is 0. The van der Waals surface area contributed by atoms with Gasteiger partial charge < -0.3 is 4.74 Å². The van der Waals surface area contributed by atoms with Gasteiger partial charge in [0.05, 0.1) is 5.41 Å². The standard InChI is InChI=1S/C25H34O3/c1-4-24(27)28-17-23(26)25(22-11-7-19(3)8-12-22)15-13-21(14-16-25)20-9-5-18(2)6-10-20/h4,7-8,11-12,18,20-21H,1,5-6,9-10,13-17H2,2-3H3. The lowest BCUT2D eigenvalue weighted by Gasteiger charge is -2.43. The second-order valence-corrected chi connectivity index (χ2v) is 9.04. The average molecular weight is 383 g/mol. The molecule has 0 aliphatic heterocycles. The molecule has 0 unspecified atom stereocenters. The number of hydrogen-bond donors (Lipinski definition) is 0. The summed E-state index contributed by atoms with van der Waals surface area (Å²) in [6.07, 6.45) is 10.4. The lowest BCUT2D eigenvalue weighted by atomic mass is 9.61. The Kier molecular flexibility index (Phi) is 6.74. The van der Waals surface area contributed by atoms with Crippen LogP contribution in [0.1, 0.15) is 69.4 Å². The summed E-state index contributed by atoms with van der Waals surface area (Å²) in [5, 5.41) is 0. The third-order valence-corrected chi connectivity index (χ3v) is 7.26. The van der Waals surface area contributed by atoms with Crippen LogP contribution in [-0.4, -0.2) is 18.4 Å². The number of ketones is 1. The van der Waals surface area contributed by atoms with E-state index in [-0.39, 0.29) is 12.4 Å². The second kappa shape index (κ2) is 9.07. The summed E-state index contributed by atoms with van der Waals surface area (Å²) >= 11 is 0. The van der Waals surface area contributed by atoms with Gasteiger partial charge in [-0.1, -0.05) is 56.2 Å². The fraction of sp³-hybridized carbons (Fsp3) is 0.600. The number of carbonyl (C=O) groups excluding carboxylic acids is 2. The van der Waals surface area contributed by atoms with Crippen LogP contribution in [0.2, 0.25) is 0 Å². The number of esters is 1. The molecule has 2 aliphatic carbocycles. The summed E-state index contributed by atoms with van der Waals surface area (Å²) in [4.78, 5) is 24.7. The van der Waals surface area contributed by atoms with Crippen LogP contribution in [-0.2, 0) is 19.7 Å². The van der Waals surface area contributed by atoms with Gasteiger partial charge >= 0.3 is 5.97 Å². The van der Waals surface area contributed by atoms with Crippen LogP contribution in [0.5, 0.6) is 0 Å². The Bertz CT molecular complexity index is 687. The third-order valence-electron chi connectivity index (χ3n) is 7.26. The van der Waals surface area contributed by atoms with E-state index in [2.05, 4.69) is 44.7 Å². The average Bonchev–Trinajstić information content (AvgIpc) is 2.73. The highest BCUT2D eigenvalue weighted by Gasteiger charge is 2.44. The van der Waals surface area contributed by atoms with E-state index in [1.165, 1.54) is 31.2 Å². The van der Waals surface area contributed by atoms with E-state index in [1.807, 2.05) is 0 Å². The van der Waals surface area contributed by atoms with Crippen molar-refractivity contribution in [2.75, 3.05) is 6.61 Å². The lowest BCUT2D eigenvalue weighted by molar-refractivity contribution is -0.145. The van der Waals surface area contributed by atoms with Crippen molar-refractivity contribution in [3.05, 3.63) is 48.0 Å². The van der Waals surface area contributed by atoms with Gasteiger partial charge in [-0.2, -0.15) is 0 Å². The van der Waals surface area contributed by atoms with Crippen molar-refractivity contribution in [3.63, 3.8) is 0 Å². The van der Waals surface area contributed by atoms with E-state index in [1.54, 1.807) is 0 Å². The van der Waals surface area contributed by atoms with Gasteiger partial charge in [-0.3, -0.25) is 4.79 Å². The lowest BCUT2D eigenvalue weighted by Crippen LogP contribution is -2.43. The molecule has 3 heteroatoms. The molecule has 0 amide bonds. The van der Waals surface area contributed by atoms with Gasteiger partial charge in [0.2, 0.25) is 0 Å². The topological polar surface area (TPSA) is 43.4 Å². The van der Waals surface area contributed by atoms with Crippen molar-refractivity contribution in [2.24, 2.45) is 17.8 Å². The molecule has 28 heavy (non-hydrogen) atoms. The molecule has 152 valence electrons. The largest absolute Gasteiger partial charge is 0.455 e. The molecule has 0 heterocycles. The zero-order valence-corrected chi connectivity index (χ0v) is 17.4. The van der Waals surface area contributed by atoms with Crippen LogP contribution in [0, 0.1) is 24.7 Å². The quantitative estimate of drug-likeness (QED) is 0.479. The fourth-order valence-corrected chi connectivity index (χ4v) is 5.30. The molecular weight excluding hydrogens is 348 g/mol. The van der Waals surface area contributed by atoms with Gasteiger partial charge in [0.25, 0.3) is 0 Å². The van der Waals surface area contributed by atoms with Crippen LogP contribution in [0.4, 0.5) is 0 Å². The first-order valence-electron chi connectivity index (χ1n) is 10.8. The molecular formula is C25H34O3. The maximum absolute atomic E-state index is 13.2. The Labute approximate surface area is 169 Å². The molecule has 3 rings (SSSR count). The summed E-state index contributed by atoms with van der Waals surface area (Å²) in [5.41, 5.74) is 1.75. The minimum atomic E-state index is -0.530. The maximum atomic E-state index is 13.2. The van der Waals surface area contributed by atoms with Crippen molar-refractivity contribution in [1.29, 1.82) is 0 Å². The second-order valence-electron chi connectivity index (χ2n) is 9.04. The highest BCUT2D eigenvalue weighted by Crippen LogP contribution is 2.47. The summed E-state index contributed by atoms with van der Waals surface area (Å²) in [5.74, 6) is 1.92. The highest BCUT2D eigenvalue weighted by molar-refractivity contribution is 5.93. The fourth-order valence-electron chi connectivity index (χ4n) is 5.30. The molecule has 1 aromatic rings. The Morgan fingerprint density at radius 1 is 1.04 bits per heavy atom. The van der Waals surface area contributed by atoms with E-state index >= 15 is 0 Å². The van der Waals surface area contributed by atoms with Gasteiger partial charge in [-0.05, 0) is 68.8 Å². The first-order valence-corrected chi connectivity index (χ1v) is 10.8. The zero-order chi connectivity index (χ0) is 20.1. The van der Waals surface area contributed by atoms with Crippen molar-refractivity contribution < 1.29 is 14.3 Å². The van der Waals surface area contributed by atoms with Gasteiger partial charge in [-0.25, -0.2) is 4.79 Å². The summed E-state index contributed by atoms with van der Waals surface area (Å²) in [6.45, 7) is 7.68. The van der Waals surface area contributed by atoms with E-state index in [9.17, 15) is 9.59 Å². The number of rotatable bonds is 6. The van der Waals surface area contributed by atoms with Crippen molar-refractivity contribution >= 4 is 11.8 Å². The summed E-state index contributed by atoms with van der Waals surface area (Å²) in [6, 6.07) is 8.33. The number of benzene rings is 1. The van der Waals surface area contributed by atoms with Gasteiger partial charge in [0.1, 0.15) is 0 Å². The molecule has 0 bridgehead atoms. The molecule has 0 radical (unpaired) electrons. The van der Waals surface area contributed by atoms with Crippen molar-refractivity contribution in [3.8, 4) is 0 Å². The third kappa shape index (κ3) is 4.56. The number of carbonyl (C=O) groups is 2. The van der Waals surface area contributed by atoms with Crippen LogP contribution < -0.4 is 0 Å². The van der Waals surface area contributed by atoms with Crippen LogP contribution >= 0.6 is 0 Å². The minimum absolute atomic E-state index is 0.0299. The van der Waals surface area contributed by atoms with E-state index < -0.39 is 11.4 Å². The van der Waals surface area contributed by atoms with Gasteiger partial charge in [0, 0.05) is 6.08 Å². The van der Waals surface area contributed by atoms with Gasteiger partial charge in [0.15, 0.2) is 12.4 Å². The molecule has 0 saturated heterocycles. The van der Waals surface area contributed by atoms with E-state index in [0.29, 0.717) is 0 Å². The first-order chi connectivity index (χ1) is 13.4. The summed E-state index contributed by atoms with van der Waals surface area (Å²) < 4.78 is 5.12. The van der Waals surface area contributed by atoms with Crippen LogP contribution in [0.3, 0.4) is 0 Å². The Balaban J connectivity index is 1.74. The predicted octanol–water partition coefficient (Wildman–Crippen LogP) is 5.55. The Morgan fingerprint density at radius 3 is 2.18 bits per heavy atom. The molecule has 0 N–H and O–H groups in total. The number of hydrogen-bond acceptors (Lipinski definition) is 3. The highest BCUT2D eigenvalue weighted by atomic mass is 16.5. The smallest absolute Gasteiger partial charge is 0.330 e. The molecule has 0 spiro atoms. The predicted molar refractivity (Wildman–Crippen MR) is 112 cm³/mol. The number of Topliss-reactive ketones (excluding diaryl/α,β-unsaturated/α-hetero) is 1. The molecule has 0 atom stereocenters. The van der Waals surface area contributed by atoms with Crippen LogP contribution in [0.15, 0.2) is 36.9 Å². The van der Waals surface area contributed by atoms with E-state index in [0.717, 1.165) is 55.1 Å². The van der Waals surface area contributed by atoms with Crippen LogP contribution in [0.25, 0.3) is 0 Å². The molecule has 2 aliphatic rings. The Hall–Kier alpha value is -1.90. The van der Waals surface area contributed by atoms with Gasteiger partial charge in [-0.15, -0.1) is 0 Å². The zero-order valence-electron chi connectivity index (χ0n) is 17.4. The monoisotopic (exact) mass is 382 g/mol. The van der Waals surface area contributed by atoms with E-state index in [4.69, 9.17) is 4.74 Å². The minimum Gasteiger partial charge on any atom is -0.455 e. The SMILES string of the molecule is C=CC(=O)OCC(=O)C1(c2ccc(C)cc2)CCC(C2CCC(C)CC2)CC1. The van der Waals surface area contributed by atoms with Crippen molar-refractivity contribution in [2.45, 2.75) is 70.6 Å². The molecule has 1 aromatic carbocycles. The number of ether oxygens (including phenoxy) is 1. The van der Waals surface area contributed by atoms with Crippen molar-refractivity contribution in [1.82, 2.24) is 0 Å². The normalized spacial score (nSPS) is 30.4. The molecule has 3 nitrogen and oxygen atoms in total. The molecule has 2 saturated carbocycles. The Morgan fingerprint density at radius 2 is 1.61 bits per heavy atom. The first kappa shape index (κ1) is 20.8. The molecule has 2 fully saturated rings. The maximum Gasteiger partial charge on any atom is 0.330 e. The molecule has 0 aromatic heterocycles. The number of aryl methyl sites for hydroxylation is 1.